The molecule has 1 amide bonds. The molecule has 0 heterocycles. The Morgan fingerprint density at radius 2 is 2.00 bits per heavy atom. The molecule has 1 unspecified atom stereocenters. The molecular weight excluding hydrogens is 178 g/mol. The lowest BCUT2D eigenvalue weighted by atomic mass is 10.1. The molecule has 4 nitrogen and oxygen atoms in total. The number of carbonyl (C=O) groups excluding carboxylic acids is 1. The van der Waals surface area contributed by atoms with Gasteiger partial charge in [0.2, 0.25) is 5.91 Å². The van der Waals surface area contributed by atoms with Crippen LogP contribution in [0, 0.1) is 5.92 Å². The van der Waals surface area contributed by atoms with E-state index in [0.717, 1.165) is 38.9 Å². The van der Waals surface area contributed by atoms with E-state index < -0.39 is 0 Å². The fraction of sp³-hybridized carbons (Fsp3) is 0.900. The first-order valence-corrected chi connectivity index (χ1v) is 5.25. The average Bonchev–Trinajstić information content (AvgIpc) is 2.12. The minimum absolute atomic E-state index is 0.0606. The van der Waals surface area contributed by atoms with E-state index in [1.807, 2.05) is 14.0 Å². The second kappa shape index (κ2) is 7.76. The molecule has 0 rings (SSSR count). The van der Waals surface area contributed by atoms with Crippen LogP contribution in [0.25, 0.3) is 0 Å². The molecule has 4 N–H and O–H groups in total. The first-order valence-electron chi connectivity index (χ1n) is 5.25. The summed E-state index contributed by atoms with van der Waals surface area (Å²) in [4.78, 5) is 12.9. The summed E-state index contributed by atoms with van der Waals surface area (Å²) in [5, 5.41) is 0. The number of nitrogens with zero attached hydrogens (tertiary/aromatic N) is 1. The summed E-state index contributed by atoms with van der Waals surface area (Å²) in [6.07, 6.45) is 3.38. The standard InChI is InChI=1S/C10H23N3O/c1-9(10(12)14)8-13(2)7-5-3-4-6-11/h9H,3-8,11H2,1-2H3,(H2,12,14). The lowest BCUT2D eigenvalue weighted by Crippen LogP contribution is -2.33. The lowest BCUT2D eigenvalue weighted by Gasteiger charge is -2.19. The van der Waals surface area contributed by atoms with Gasteiger partial charge in [-0.2, -0.15) is 0 Å². The minimum Gasteiger partial charge on any atom is -0.369 e. The third-order valence-corrected chi connectivity index (χ3v) is 2.32. The second-order valence-electron chi connectivity index (χ2n) is 3.91. The predicted molar refractivity (Wildman–Crippen MR) is 58.8 cm³/mol. The second-order valence-corrected chi connectivity index (χ2v) is 3.91. The summed E-state index contributed by atoms with van der Waals surface area (Å²) in [7, 11) is 2.02. The summed E-state index contributed by atoms with van der Waals surface area (Å²) in [6, 6.07) is 0. The summed E-state index contributed by atoms with van der Waals surface area (Å²) >= 11 is 0. The van der Waals surface area contributed by atoms with E-state index in [4.69, 9.17) is 11.5 Å². The van der Waals surface area contributed by atoms with E-state index in [1.54, 1.807) is 0 Å². The maximum atomic E-state index is 10.8. The van der Waals surface area contributed by atoms with Gasteiger partial charge in [0.1, 0.15) is 0 Å². The van der Waals surface area contributed by atoms with Gasteiger partial charge in [-0.05, 0) is 33.0 Å². The van der Waals surface area contributed by atoms with Crippen LogP contribution in [0.2, 0.25) is 0 Å². The number of nitrogens with two attached hydrogens (primary N) is 2. The SMILES string of the molecule is CC(CN(C)CCCCCN)C(N)=O. The Morgan fingerprint density at radius 3 is 2.50 bits per heavy atom. The Labute approximate surface area is 86.6 Å². The normalized spacial score (nSPS) is 13.1. The maximum absolute atomic E-state index is 10.8. The van der Waals surface area contributed by atoms with Crippen LogP contribution in [0.1, 0.15) is 26.2 Å². The van der Waals surface area contributed by atoms with E-state index in [0.29, 0.717) is 0 Å². The molecule has 0 aliphatic carbocycles. The lowest BCUT2D eigenvalue weighted by molar-refractivity contribution is -0.121. The Balaban J connectivity index is 3.45. The molecule has 0 saturated carbocycles. The van der Waals surface area contributed by atoms with Gasteiger partial charge in [0, 0.05) is 12.5 Å². The first-order chi connectivity index (χ1) is 6.57. The van der Waals surface area contributed by atoms with Crippen molar-refractivity contribution in [3.8, 4) is 0 Å². The molecule has 0 bridgehead atoms. The molecule has 0 aliphatic heterocycles. The van der Waals surface area contributed by atoms with Crippen molar-refractivity contribution >= 4 is 5.91 Å². The zero-order valence-electron chi connectivity index (χ0n) is 9.33. The van der Waals surface area contributed by atoms with Crippen LogP contribution >= 0.6 is 0 Å². The fourth-order valence-corrected chi connectivity index (χ4v) is 1.35. The first kappa shape index (κ1) is 13.4. The highest BCUT2D eigenvalue weighted by atomic mass is 16.1. The van der Waals surface area contributed by atoms with Crippen molar-refractivity contribution in [3.05, 3.63) is 0 Å². The fourth-order valence-electron chi connectivity index (χ4n) is 1.35. The summed E-state index contributed by atoms with van der Waals surface area (Å²) in [5.74, 6) is -0.284. The van der Waals surface area contributed by atoms with Crippen molar-refractivity contribution < 1.29 is 4.79 Å². The Morgan fingerprint density at radius 1 is 1.36 bits per heavy atom. The van der Waals surface area contributed by atoms with E-state index in [1.165, 1.54) is 0 Å². The van der Waals surface area contributed by atoms with Crippen molar-refractivity contribution in [2.75, 3.05) is 26.7 Å². The molecule has 84 valence electrons. The quantitative estimate of drug-likeness (QED) is 0.550. The van der Waals surface area contributed by atoms with Crippen LogP contribution < -0.4 is 11.5 Å². The third kappa shape index (κ3) is 6.86. The third-order valence-electron chi connectivity index (χ3n) is 2.32. The molecule has 1 atom stereocenters. The van der Waals surface area contributed by atoms with Gasteiger partial charge in [-0.3, -0.25) is 4.79 Å². The average molecular weight is 201 g/mol. The monoisotopic (exact) mass is 201 g/mol. The van der Waals surface area contributed by atoms with E-state index in [2.05, 4.69) is 4.90 Å². The predicted octanol–water partition coefficient (Wildman–Crippen LogP) is 0.169. The molecule has 14 heavy (non-hydrogen) atoms. The molecule has 0 aromatic carbocycles. The molecule has 0 spiro atoms. The summed E-state index contributed by atoms with van der Waals surface area (Å²) < 4.78 is 0. The Kier molecular flexibility index (Phi) is 7.42. The van der Waals surface area contributed by atoms with Crippen LogP contribution in [-0.2, 0) is 4.79 Å². The van der Waals surface area contributed by atoms with Crippen molar-refractivity contribution in [1.29, 1.82) is 0 Å². The van der Waals surface area contributed by atoms with Crippen LogP contribution in [0.4, 0.5) is 0 Å². The number of hydrogen-bond acceptors (Lipinski definition) is 3. The van der Waals surface area contributed by atoms with Gasteiger partial charge in [0.15, 0.2) is 0 Å². The number of hydrogen-bond donors (Lipinski definition) is 2. The molecule has 0 fully saturated rings. The number of rotatable bonds is 8. The Bertz CT molecular complexity index is 161. The van der Waals surface area contributed by atoms with Crippen LogP contribution in [0.5, 0.6) is 0 Å². The summed E-state index contributed by atoms with van der Waals surface area (Å²) in [5.41, 5.74) is 10.6. The number of carbonyl (C=O) groups is 1. The molecule has 0 radical (unpaired) electrons. The molecule has 4 heteroatoms. The molecule has 0 saturated heterocycles. The van der Waals surface area contributed by atoms with E-state index in [9.17, 15) is 4.79 Å². The topological polar surface area (TPSA) is 72.3 Å². The minimum atomic E-state index is -0.223. The maximum Gasteiger partial charge on any atom is 0.221 e. The summed E-state index contributed by atoms with van der Waals surface area (Å²) in [6.45, 7) is 4.38. The largest absolute Gasteiger partial charge is 0.369 e. The zero-order chi connectivity index (χ0) is 11.0. The van der Waals surface area contributed by atoms with E-state index in [-0.39, 0.29) is 11.8 Å². The van der Waals surface area contributed by atoms with Gasteiger partial charge < -0.3 is 16.4 Å². The number of amides is 1. The van der Waals surface area contributed by atoms with Gasteiger partial charge in [0.05, 0.1) is 0 Å². The van der Waals surface area contributed by atoms with Crippen molar-refractivity contribution in [2.24, 2.45) is 17.4 Å². The molecular formula is C10H23N3O. The van der Waals surface area contributed by atoms with Crippen molar-refractivity contribution in [2.45, 2.75) is 26.2 Å². The highest BCUT2D eigenvalue weighted by Crippen LogP contribution is 2.00. The van der Waals surface area contributed by atoms with Crippen LogP contribution in [-0.4, -0.2) is 37.5 Å². The van der Waals surface area contributed by atoms with Gasteiger partial charge in [0.25, 0.3) is 0 Å². The van der Waals surface area contributed by atoms with Gasteiger partial charge in [-0.1, -0.05) is 13.3 Å². The number of unbranched alkanes of at least 4 members (excludes halogenated alkanes) is 2. The number of primary amides is 1. The smallest absolute Gasteiger partial charge is 0.221 e. The molecule has 0 aliphatic rings. The molecule has 0 aromatic rings. The highest BCUT2D eigenvalue weighted by molar-refractivity contribution is 5.76. The van der Waals surface area contributed by atoms with Crippen molar-refractivity contribution in [1.82, 2.24) is 4.90 Å². The Hall–Kier alpha value is -0.610. The molecule has 0 aromatic heterocycles. The highest BCUT2D eigenvalue weighted by Gasteiger charge is 2.10. The van der Waals surface area contributed by atoms with Gasteiger partial charge in [-0.15, -0.1) is 0 Å². The van der Waals surface area contributed by atoms with Crippen LogP contribution in [0.15, 0.2) is 0 Å². The van der Waals surface area contributed by atoms with Crippen LogP contribution in [0.3, 0.4) is 0 Å². The van der Waals surface area contributed by atoms with E-state index >= 15 is 0 Å². The van der Waals surface area contributed by atoms with Gasteiger partial charge in [-0.25, -0.2) is 0 Å². The zero-order valence-corrected chi connectivity index (χ0v) is 9.33. The van der Waals surface area contributed by atoms with Gasteiger partial charge >= 0.3 is 0 Å². The van der Waals surface area contributed by atoms with Crippen molar-refractivity contribution in [3.63, 3.8) is 0 Å².